The molecule has 0 radical (unpaired) electrons. The van der Waals surface area contributed by atoms with Crippen molar-refractivity contribution in [1.82, 2.24) is 4.57 Å². The van der Waals surface area contributed by atoms with Crippen LogP contribution in [0.5, 0.6) is 0 Å². The summed E-state index contributed by atoms with van der Waals surface area (Å²) < 4.78 is 3.45. The Labute approximate surface area is 92.4 Å². The van der Waals surface area contributed by atoms with Gasteiger partial charge in [-0.1, -0.05) is 0 Å². The largest absolute Gasteiger partial charge is 0.478 e. The second kappa shape index (κ2) is 6.92. The molecular weight excluding hydrogens is 210 g/mol. The van der Waals surface area contributed by atoms with E-state index in [0.29, 0.717) is 0 Å². The molecule has 7 heteroatoms. The molecule has 1 aromatic heterocycles. The molecule has 1 heterocycles. The minimum Gasteiger partial charge on any atom is -0.478 e. The molecule has 0 saturated heterocycles. The maximum atomic E-state index is 10.5. The first-order valence-corrected chi connectivity index (χ1v) is 4.26. The SMILES string of the molecule is CC(C(=O)O)n1cc[n+](C)c1.N#CN=C=[N-]. The fourth-order valence-electron chi connectivity index (χ4n) is 0.848. The molecule has 1 unspecified atom stereocenters. The summed E-state index contributed by atoms with van der Waals surface area (Å²) in [5.74, 6) is -0.818. The van der Waals surface area contributed by atoms with Crippen molar-refractivity contribution in [2.75, 3.05) is 0 Å². The summed E-state index contributed by atoms with van der Waals surface area (Å²) in [5, 5.41) is 23.5. The molecule has 84 valence electrons. The standard InChI is InChI=1S/C7H10N2O2.C2N3/c1-6(7(10)11)9-4-3-8(2)5-9;3-1-5-2-4/h3-6H,1-2H3;/q;-1/p+1. The van der Waals surface area contributed by atoms with E-state index < -0.39 is 12.0 Å². The number of hydrogen-bond donors (Lipinski definition) is 1. The fourth-order valence-corrected chi connectivity index (χ4v) is 0.848. The number of carboxylic acid groups (broad SMARTS) is 1. The van der Waals surface area contributed by atoms with Gasteiger partial charge in [-0.2, -0.15) is 5.26 Å². The van der Waals surface area contributed by atoms with Crippen LogP contribution in [0.4, 0.5) is 0 Å². The van der Waals surface area contributed by atoms with Crippen molar-refractivity contribution < 1.29 is 14.5 Å². The van der Waals surface area contributed by atoms with Gasteiger partial charge in [0.2, 0.25) is 6.33 Å². The topological polar surface area (TPSA) is 105 Å². The van der Waals surface area contributed by atoms with Crippen LogP contribution in [0.25, 0.3) is 5.41 Å². The first-order valence-electron chi connectivity index (χ1n) is 4.26. The molecule has 0 amide bonds. The van der Waals surface area contributed by atoms with Crippen molar-refractivity contribution >= 4 is 12.0 Å². The lowest BCUT2D eigenvalue weighted by Gasteiger charge is -1.98. The number of rotatable bonds is 2. The zero-order chi connectivity index (χ0) is 12.6. The van der Waals surface area contributed by atoms with Gasteiger partial charge in [-0.3, -0.25) is 0 Å². The van der Waals surface area contributed by atoms with Crippen LogP contribution in [-0.4, -0.2) is 21.7 Å². The Hall–Kier alpha value is -2.45. The van der Waals surface area contributed by atoms with E-state index in [4.69, 9.17) is 15.8 Å². The van der Waals surface area contributed by atoms with E-state index >= 15 is 0 Å². The van der Waals surface area contributed by atoms with Crippen LogP contribution in [0.3, 0.4) is 0 Å². The van der Waals surface area contributed by atoms with Crippen LogP contribution in [-0.2, 0) is 11.8 Å². The van der Waals surface area contributed by atoms with E-state index in [1.165, 1.54) is 12.2 Å². The van der Waals surface area contributed by atoms with Crippen LogP contribution in [0.1, 0.15) is 13.0 Å². The summed E-state index contributed by atoms with van der Waals surface area (Å²) in [7, 11) is 1.85. The smallest absolute Gasteiger partial charge is 0.349 e. The molecule has 0 aliphatic heterocycles. The van der Waals surface area contributed by atoms with Gasteiger partial charge < -0.3 is 15.5 Å². The number of nitrogens with zero attached hydrogens (tertiary/aromatic N) is 5. The van der Waals surface area contributed by atoms with Crippen molar-refractivity contribution in [2.24, 2.45) is 12.0 Å². The van der Waals surface area contributed by atoms with Crippen LogP contribution in [0.2, 0.25) is 0 Å². The molecule has 0 saturated carbocycles. The normalized spacial score (nSPS) is 10.1. The summed E-state index contributed by atoms with van der Waals surface area (Å²) in [4.78, 5) is 13.1. The van der Waals surface area contributed by atoms with Gasteiger partial charge in [0.1, 0.15) is 12.4 Å². The molecule has 0 aliphatic rings. The molecule has 1 rings (SSSR count). The molecule has 0 aliphatic carbocycles. The first kappa shape index (κ1) is 13.5. The van der Waals surface area contributed by atoms with E-state index in [1.54, 1.807) is 34.8 Å². The van der Waals surface area contributed by atoms with Crippen molar-refractivity contribution in [3.05, 3.63) is 24.1 Å². The zero-order valence-corrected chi connectivity index (χ0v) is 8.90. The molecule has 0 aromatic carbocycles. The van der Waals surface area contributed by atoms with Gasteiger partial charge in [-0.05, 0) is 6.92 Å². The van der Waals surface area contributed by atoms with Gasteiger partial charge in [0, 0.05) is 0 Å². The third kappa shape index (κ3) is 4.69. The Bertz CT molecular complexity index is 439. The molecular formula is C9H11N5O2. The first-order chi connectivity index (χ1) is 7.52. The molecule has 1 atom stereocenters. The zero-order valence-electron chi connectivity index (χ0n) is 8.90. The van der Waals surface area contributed by atoms with E-state index in [2.05, 4.69) is 4.99 Å². The van der Waals surface area contributed by atoms with Crippen LogP contribution in [0.15, 0.2) is 23.7 Å². The van der Waals surface area contributed by atoms with Crippen LogP contribution in [0, 0.1) is 11.5 Å². The molecule has 1 N–H and O–H groups in total. The summed E-state index contributed by atoms with van der Waals surface area (Å²) in [5.41, 5.74) is 0. The van der Waals surface area contributed by atoms with Gasteiger partial charge >= 0.3 is 5.97 Å². The number of carboxylic acids is 1. The number of aromatic nitrogens is 2. The third-order valence-corrected chi connectivity index (χ3v) is 1.69. The van der Waals surface area contributed by atoms with Crippen molar-refractivity contribution in [3.8, 4) is 6.19 Å². The van der Waals surface area contributed by atoms with E-state index in [1.807, 2.05) is 7.05 Å². The van der Waals surface area contributed by atoms with Gasteiger partial charge in [0.25, 0.3) is 0 Å². The van der Waals surface area contributed by atoms with Crippen molar-refractivity contribution in [2.45, 2.75) is 13.0 Å². The molecule has 7 nitrogen and oxygen atoms in total. The summed E-state index contributed by atoms with van der Waals surface area (Å²) in [6.45, 7) is 1.64. The van der Waals surface area contributed by atoms with Crippen molar-refractivity contribution in [1.29, 1.82) is 5.26 Å². The van der Waals surface area contributed by atoms with E-state index in [9.17, 15) is 4.79 Å². The highest BCUT2D eigenvalue weighted by Gasteiger charge is 2.17. The highest BCUT2D eigenvalue weighted by molar-refractivity contribution is 5.71. The summed E-state index contributed by atoms with van der Waals surface area (Å²) >= 11 is 0. The highest BCUT2D eigenvalue weighted by Crippen LogP contribution is 2.01. The molecule has 1 aromatic rings. The fraction of sp³-hybridized carbons (Fsp3) is 0.333. The number of aryl methyl sites for hydroxylation is 1. The van der Waals surface area contributed by atoms with E-state index in [-0.39, 0.29) is 0 Å². The van der Waals surface area contributed by atoms with E-state index in [0.717, 1.165) is 0 Å². The number of nitriles is 1. The number of hydrogen-bond acceptors (Lipinski definition) is 3. The van der Waals surface area contributed by atoms with Gasteiger partial charge in [0.15, 0.2) is 6.04 Å². The number of aliphatic carboxylic acids is 1. The minimum absolute atomic E-state index is 0.490. The highest BCUT2D eigenvalue weighted by atomic mass is 16.4. The number of imidazole rings is 1. The summed E-state index contributed by atoms with van der Waals surface area (Å²) in [6, 6.07) is 0.792. The predicted molar refractivity (Wildman–Crippen MR) is 54.4 cm³/mol. The Morgan fingerprint density at radius 2 is 2.38 bits per heavy atom. The monoisotopic (exact) mass is 221 g/mol. The minimum atomic E-state index is -0.818. The Morgan fingerprint density at radius 1 is 1.75 bits per heavy atom. The third-order valence-electron chi connectivity index (χ3n) is 1.69. The lowest BCUT2D eigenvalue weighted by atomic mass is 10.3. The van der Waals surface area contributed by atoms with Crippen LogP contribution < -0.4 is 4.57 Å². The van der Waals surface area contributed by atoms with Gasteiger partial charge in [-0.15, -0.1) is 6.01 Å². The quantitative estimate of drug-likeness (QED) is 0.437. The van der Waals surface area contributed by atoms with Crippen LogP contribution >= 0.6 is 0 Å². The average molecular weight is 221 g/mol. The molecule has 0 fully saturated rings. The lowest BCUT2D eigenvalue weighted by Crippen LogP contribution is -2.25. The maximum absolute atomic E-state index is 10.5. The number of aliphatic imine (C=N–C) groups is 1. The second-order valence-corrected chi connectivity index (χ2v) is 2.85. The average Bonchev–Trinajstić information content (AvgIpc) is 2.66. The van der Waals surface area contributed by atoms with Gasteiger partial charge in [-0.25, -0.2) is 13.9 Å². The summed E-state index contributed by atoms with van der Waals surface area (Å²) in [6.07, 6.45) is 6.56. The molecule has 0 spiro atoms. The Kier molecular flexibility index (Phi) is 5.86. The lowest BCUT2D eigenvalue weighted by molar-refractivity contribution is -0.671. The Morgan fingerprint density at radius 3 is 2.62 bits per heavy atom. The second-order valence-electron chi connectivity index (χ2n) is 2.85. The maximum Gasteiger partial charge on any atom is 0.349 e. The van der Waals surface area contributed by atoms with Crippen molar-refractivity contribution in [3.63, 3.8) is 0 Å². The Balaban J connectivity index is 0.000000385. The predicted octanol–water partition coefficient (Wildman–Crippen LogP) is 0.169. The molecule has 0 bridgehead atoms. The number of carbonyl (C=O) groups is 1. The molecule has 16 heavy (non-hydrogen) atoms. The van der Waals surface area contributed by atoms with Gasteiger partial charge in [0.05, 0.1) is 13.2 Å².